The van der Waals surface area contributed by atoms with Crippen LogP contribution in [0.15, 0.2) is 30.3 Å². The first kappa shape index (κ1) is 11.6. The summed E-state index contributed by atoms with van der Waals surface area (Å²) in [5, 5.41) is 10.9. The molecule has 1 aromatic carbocycles. The summed E-state index contributed by atoms with van der Waals surface area (Å²) in [6.07, 6.45) is 0.856. The van der Waals surface area contributed by atoms with Crippen LogP contribution in [-0.4, -0.2) is 24.7 Å². The molecule has 1 unspecified atom stereocenters. The fraction of sp³-hybridized carbons (Fsp3) is 0.571. The molecule has 0 amide bonds. The van der Waals surface area contributed by atoms with Crippen LogP contribution in [0.25, 0.3) is 0 Å². The summed E-state index contributed by atoms with van der Waals surface area (Å²) in [6, 6.07) is 10.6. The summed E-state index contributed by atoms with van der Waals surface area (Å²) in [5.41, 5.74) is 0.432. The van der Waals surface area contributed by atoms with Crippen molar-refractivity contribution in [3.05, 3.63) is 35.9 Å². The second-order valence-corrected chi connectivity index (χ2v) is 5.21. The zero-order valence-corrected chi connectivity index (χ0v) is 10.4. The Hall–Kier alpha value is -0.860. The highest BCUT2D eigenvalue weighted by Gasteiger charge is 2.45. The van der Waals surface area contributed by atoms with Gasteiger partial charge in [0.15, 0.2) is 0 Å². The number of rotatable bonds is 1. The molecule has 1 fully saturated rings. The largest absolute Gasteiger partial charge is 0.384 e. The summed E-state index contributed by atoms with van der Waals surface area (Å²) in [4.78, 5) is 1.52. The zero-order valence-electron chi connectivity index (χ0n) is 10.4. The van der Waals surface area contributed by atoms with E-state index in [0.717, 1.165) is 18.5 Å². The lowest BCUT2D eigenvalue weighted by atomic mass is 9.73. The molecule has 88 valence electrons. The van der Waals surface area contributed by atoms with Crippen LogP contribution < -0.4 is 4.90 Å². The van der Waals surface area contributed by atoms with E-state index in [1.54, 1.807) is 0 Å². The lowest BCUT2D eigenvalue weighted by molar-refractivity contribution is -0.917. The van der Waals surface area contributed by atoms with Gasteiger partial charge in [-0.05, 0) is 12.5 Å². The van der Waals surface area contributed by atoms with Gasteiger partial charge in [0.05, 0.1) is 19.6 Å². The molecule has 1 aliphatic rings. The van der Waals surface area contributed by atoms with Gasteiger partial charge in [0.2, 0.25) is 0 Å². The van der Waals surface area contributed by atoms with E-state index in [1.807, 2.05) is 30.3 Å². The lowest BCUT2D eigenvalue weighted by Crippen LogP contribution is -3.15. The van der Waals surface area contributed by atoms with Crippen LogP contribution in [-0.2, 0) is 5.60 Å². The highest BCUT2D eigenvalue weighted by molar-refractivity contribution is 5.23. The van der Waals surface area contributed by atoms with Crippen molar-refractivity contribution < 1.29 is 10.0 Å². The maximum absolute atomic E-state index is 10.9. The molecule has 1 aliphatic heterocycles. The van der Waals surface area contributed by atoms with E-state index < -0.39 is 5.60 Å². The summed E-state index contributed by atoms with van der Waals surface area (Å²) in [7, 11) is 2.21. The van der Waals surface area contributed by atoms with Crippen LogP contribution in [0, 0.1) is 5.92 Å². The minimum absolute atomic E-state index is 0.295. The van der Waals surface area contributed by atoms with Crippen LogP contribution >= 0.6 is 0 Å². The van der Waals surface area contributed by atoms with Crippen molar-refractivity contribution in [3.8, 4) is 0 Å². The van der Waals surface area contributed by atoms with Crippen molar-refractivity contribution in [2.75, 3.05) is 13.6 Å². The van der Waals surface area contributed by atoms with Gasteiger partial charge < -0.3 is 10.0 Å². The number of hydrogen-bond donors (Lipinski definition) is 2. The van der Waals surface area contributed by atoms with Gasteiger partial charge in [-0.15, -0.1) is 0 Å². The Morgan fingerprint density at radius 2 is 1.88 bits per heavy atom. The van der Waals surface area contributed by atoms with Gasteiger partial charge >= 0.3 is 0 Å². The molecule has 1 heterocycles. The number of hydrogen-bond acceptors (Lipinski definition) is 1. The average Bonchev–Trinajstić information content (AvgIpc) is 2.33. The van der Waals surface area contributed by atoms with Gasteiger partial charge in [0, 0.05) is 12.3 Å². The highest BCUT2D eigenvalue weighted by atomic mass is 16.3. The first-order valence-corrected chi connectivity index (χ1v) is 6.16. The molecule has 1 aromatic rings. The van der Waals surface area contributed by atoms with Crippen LogP contribution in [0.4, 0.5) is 0 Å². The number of aliphatic hydroxyl groups is 1. The Morgan fingerprint density at radius 3 is 2.50 bits per heavy atom. The fourth-order valence-electron chi connectivity index (χ4n) is 2.82. The fourth-order valence-corrected chi connectivity index (χ4v) is 2.82. The summed E-state index contributed by atoms with van der Waals surface area (Å²) >= 11 is 0. The number of benzene rings is 1. The van der Waals surface area contributed by atoms with Crippen molar-refractivity contribution in [1.29, 1.82) is 0 Å². The van der Waals surface area contributed by atoms with Gasteiger partial charge in [-0.2, -0.15) is 0 Å². The van der Waals surface area contributed by atoms with Gasteiger partial charge in [-0.25, -0.2) is 0 Å². The van der Waals surface area contributed by atoms with E-state index in [9.17, 15) is 5.11 Å². The summed E-state index contributed by atoms with van der Waals surface area (Å²) < 4.78 is 0. The molecule has 2 nitrogen and oxygen atoms in total. The van der Waals surface area contributed by atoms with Gasteiger partial charge in [0.25, 0.3) is 0 Å². The zero-order chi connectivity index (χ0) is 11.8. The number of piperidine rings is 1. The van der Waals surface area contributed by atoms with E-state index >= 15 is 0 Å². The van der Waals surface area contributed by atoms with E-state index in [0.29, 0.717) is 12.0 Å². The highest BCUT2D eigenvalue weighted by Crippen LogP contribution is 2.35. The monoisotopic (exact) mass is 220 g/mol. The SMILES string of the molecule is C[C@@H]1[C@H](C)[C@@](O)(c2ccccc2)CC[NH+]1C. The van der Waals surface area contributed by atoms with E-state index in [2.05, 4.69) is 20.9 Å². The molecule has 2 N–H and O–H groups in total. The van der Waals surface area contributed by atoms with Crippen molar-refractivity contribution in [1.82, 2.24) is 0 Å². The second kappa shape index (κ2) is 4.19. The predicted octanol–water partition coefficient (Wildman–Crippen LogP) is 0.817. The molecule has 0 spiro atoms. The van der Waals surface area contributed by atoms with Crippen molar-refractivity contribution in [2.45, 2.75) is 31.9 Å². The molecular weight excluding hydrogens is 198 g/mol. The molecule has 0 radical (unpaired) electrons. The Kier molecular flexibility index (Phi) is 3.04. The van der Waals surface area contributed by atoms with Gasteiger partial charge in [0.1, 0.15) is 5.60 Å². The smallest absolute Gasteiger partial charge is 0.103 e. The van der Waals surface area contributed by atoms with Crippen molar-refractivity contribution >= 4 is 0 Å². The normalized spacial score (nSPS) is 39.6. The molecule has 0 saturated carbocycles. The van der Waals surface area contributed by atoms with Gasteiger partial charge in [-0.3, -0.25) is 0 Å². The van der Waals surface area contributed by atoms with Crippen molar-refractivity contribution in [3.63, 3.8) is 0 Å². The van der Waals surface area contributed by atoms with Crippen LogP contribution in [0.2, 0.25) is 0 Å². The van der Waals surface area contributed by atoms with Crippen LogP contribution in [0.5, 0.6) is 0 Å². The Bertz CT molecular complexity index is 351. The predicted molar refractivity (Wildman–Crippen MR) is 65.3 cm³/mol. The first-order valence-electron chi connectivity index (χ1n) is 6.16. The quantitative estimate of drug-likeness (QED) is 0.719. The molecular formula is C14H22NO+. The number of nitrogens with one attached hydrogen (secondary N) is 1. The average molecular weight is 220 g/mol. The molecule has 0 aliphatic carbocycles. The third-order valence-corrected chi connectivity index (χ3v) is 4.45. The third kappa shape index (κ3) is 1.76. The van der Waals surface area contributed by atoms with Gasteiger partial charge in [-0.1, -0.05) is 37.3 Å². The molecule has 2 rings (SSSR count). The second-order valence-electron chi connectivity index (χ2n) is 5.21. The van der Waals surface area contributed by atoms with E-state index in [-0.39, 0.29) is 0 Å². The van der Waals surface area contributed by atoms with Crippen molar-refractivity contribution in [2.24, 2.45) is 5.92 Å². The maximum atomic E-state index is 10.9. The molecule has 0 bridgehead atoms. The molecule has 0 aromatic heterocycles. The summed E-state index contributed by atoms with van der Waals surface area (Å²) in [6.45, 7) is 5.43. The topological polar surface area (TPSA) is 24.7 Å². The first-order chi connectivity index (χ1) is 7.55. The molecule has 2 heteroatoms. The number of likely N-dealkylation sites (tertiary alicyclic amines) is 1. The molecule has 1 saturated heterocycles. The summed E-state index contributed by atoms with van der Waals surface area (Å²) in [5.74, 6) is 0.295. The third-order valence-electron chi connectivity index (χ3n) is 4.45. The molecule has 4 atom stereocenters. The van der Waals surface area contributed by atoms with Crippen LogP contribution in [0.3, 0.4) is 0 Å². The lowest BCUT2D eigenvalue weighted by Gasteiger charge is -2.44. The van der Waals surface area contributed by atoms with Crippen LogP contribution in [0.1, 0.15) is 25.8 Å². The Balaban J connectivity index is 2.32. The minimum Gasteiger partial charge on any atom is -0.384 e. The Morgan fingerprint density at radius 1 is 1.25 bits per heavy atom. The minimum atomic E-state index is -0.639. The number of quaternary nitrogens is 1. The van der Waals surface area contributed by atoms with E-state index in [4.69, 9.17) is 0 Å². The molecule has 16 heavy (non-hydrogen) atoms. The standard InChI is InChI=1S/C14H21NO/c1-11-12(2)15(3)10-9-14(11,16)13-7-5-4-6-8-13/h4-8,11-12,16H,9-10H2,1-3H3/p+1/t11-,12+,14+/m0/s1. The van der Waals surface area contributed by atoms with E-state index in [1.165, 1.54) is 4.90 Å². The maximum Gasteiger partial charge on any atom is 0.103 e. The Labute approximate surface area is 97.9 Å².